The molecule has 1 aliphatic rings. The van der Waals surface area contributed by atoms with Crippen LogP contribution in [0.4, 0.5) is 13.2 Å². The van der Waals surface area contributed by atoms with Crippen LogP contribution in [0.3, 0.4) is 0 Å². The molecule has 0 saturated heterocycles. The second-order valence-corrected chi connectivity index (χ2v) is 4.77. The van der Waals surface area contributed by atoms with E-state index >= 15 is 0 Å². The molecule has 1 atom stereocenters. The van der Waals surface area contributed by atoms with Gasteiger partial charge >= 0.3 is 11.8 Å². The van der Waals surface area contributed by atoms with E-state index in [1.54, 1.807) is 0 Å². The van der Waals surface area contributed by atoms with E-state index in [1.165, 1.54) is 31.2 Å². The number of carbonyl (C=O) groups excluding carboxylic acids is 1. The van der Waals surface area contributed by atoms with Crippen LogP contribution in [0.15, 0.2) is 34.5 Å². The third-order valence-electron chi connectivity index (χ3n) is 2.37. The lowest BCUT2D eigenvalue weighted by atomic mass is 10.0. The molecule has 0 bridgehead atoms. The average Bonchev–Trinajstić information content (AvgIpc) is 3.08. The summed E-state index contributed by atoms with van der Waals surface area (Å²) < 4.78 is 45.9. The van der Waals surface area contributed by atoms with Crippen LogP contribution in [0.1, 0.15) is 19.4 Å². The molecule has 0 radical (unpaired) electrons. The van der Waals surface area contributed by atoms with Crippen molar-refractivity contribution < 1.29 is 19.3 Å². The Morgan fingerprint density at radius 1 is 1.39 bits per heavy atom. The van der Waals surface area contributed by atoms with Gasteiger partial charge in [0, 0.05) is 19.6 Å². The second kappa shape index (κ2) is 4.38. The van der Waals surface area contributed by atoms with Crippen LogP contribution in [0.25, 0.3) is 0 Å². The van der Waals surface area contributed by atoms with Crippen LogP contribution < -0.4 is 0 Å². The fourth-order valence-electron chi connectivity index (χ4n) is 1.39. The second-order valence-electron chi connectivity index (χ2n) is 3.72. The van der Waals surface area contributed by atoms with Gasteiger partial charge in [-0.05, 0) is 5.56 Å². The van der Waals surface area contributed by atoms with Gasteiger partial charge in [-0.2, -0.15) is 13.2 Å². The van der Waals surface area contributed by atoms with E-state index in [-0.39, 0.29) is 10.7 Å². The molecule has 0 N–H and O–H groups in total. The molecule has 18 heavy (non-hydrogen) atoms. The van der Waals surface area contributed by atoms with E-state index in [4.69, 9.17) is 1.37 Å². The highest BCUT2D eigenvalue weighted by Gasteiger charge is 2.65. The average molecular weight is 276 g/mol. The molecule has 0 fully saturated rings. The molecular formula is C11H9F3N2OS. The molecule has 0 aromatic heterocycles. The molecule has 0 aliphatic carbocycles. The van der Waals surface area contributed by atoms with Crippen LogP contribution in [-0.2, 0) is 16.2 Å². The zero-order chi connectivity index (χ0) is 14.3. The molecule has 7 heteroatoms. The summed E-state index contributed by atoms with van der Waals surface area (Å²) in [4.78, 5) is 10.9. The zero-order valence-electron chi connectivity index (χ0n) is 10.2. The Labute approximate surface area is 107 Å². The van der Waals surface area contributed by atoms with Crippen molar-refractivity contribution >= 4 is 16.9 Å². The van der Waals surface area contributed by atoms with Crippen molar-refractivity contribution in [3.63, 3.8) is 0 Å². The SMILES string of the molecule is [3H]C(SC(C)=O)c1ccc(C2(C(F)(F)F)N=N2)cc1. The number of nitrogens with zero attached hydrogens (tertiary/aromatic N) is 2. The maximum atomic E-state index is 12.7. The van der Waals surface area contributed by atoms with Crippen molar-refractivity contribution in [3.8, 4) is 0 Å². The summed E-state index contributed by atoms with van der Waals surface area (Å²) in [7, 11) is 0. The van der Waals surface area contributed by atoms with E-state index < -0.39 is 17.6 Å². The number of rotatable bonds is 3. The Bertz CT molecular complexity index is 524. The standard InChI is InChI=1S/C11H9F3N2OS/c1-7(17)18-6-8-2-4-9(5-3-8)10(15-16-10)11(12,13)14/h2-5H,6H2,1H3/i6T. The van der Waals surface area contributed by atoms with Crippen molar-refractivity contribution in [2.24, 2.45) is 10.2 Å². The minimum atomic E-state index is -4.55. The van der Waals surface area contributed by atoms with Crippen LogP contribution in [0.5, 0.6) is 0 Å². The van der Waals surface area contributed by atoms with Crippen LogP contribution in [0, 0.1) is 0 Å². The summed E-state index contributed by atoms with van der Waals surface area (Å²) in [6.45, 7) is 1.33. The number of hydrogen-bond donors (Lipinski definition) is 0. The van der Waals surface area contributed by atoms with Gasteiger partial charge in [-0.3, -0.25) is 4.79 Å². The monoisotopic (exact) mass is 276 g/mol. The van der Waals surface area contributed by atoms with E-state index in [2.05, 4.69) is 10.2 Å². The molecule has 3 nitrogen and oxygen atoms in total. The molecule has 1 aromatic carbocycles. The first-order valence-electron chi connectivity index (χ1n) is 5.55. The van der Waals surface area contributed by atoms with Gasteiger partial charge in [0.2, 0.25) is 0 Å². The summed E-state index contributed by atoms with van der Waals surface area (Å²) in [6, 6.07) is 5.26. The van der Waals surface area contributed by atoms with Gasteiger partial charge in [0.05, 0.1) is 0 Å². The topological polar surface area (TPSA) is 41.8 Å². The Balaban J connectivity index is 2.18. The Morgan fingerprint density at radius 2 is 1.94 bits per heavy atom. The number of benzene rings is 1. The lowest BCUT2D eigenvalue weighted by Crippen LogP contribution is -2.30. The normalized spacial score (nSPS) is 19.2. The molecule has 1 aromatic rings. The highest BCUT2D eigenvalue weighted by Crippen LogP contribution is 2.52. The van der Waals surface area contributed by atoms with Crippen molar-refractivity contribution in [1.82, 2.24) is 0 Å². The van der Waals surface area contributed by atoms with Crippen LogP contribution in [0.2, 0.25) is 0 Å². The van der Waals surface area contributed by atoms with Gasteiger partial charge in [-0.15, -0.1) is 10.2 Å². The molecule has 0 spiro atoms. The fourth-order valence-corrected chi connectivity index (χ4v) is 1.85. The zero-order valence-corrected chi connectivity index (χ0v) is 10.0. The van der Waals surface area contributed by atoms with Gasteiger partial charge in [-0.25, -0.2) is 0 Å². The minimum absolute atomic E-state index is 0.0798. The predicted octanol–water partition coefficient (Wildman–Crippen LogP) is 3.65. The van der Waals surface area contributed by atoms with Gasteiger partial charge < -0.3 is 0 Å². The van der Waals surface area contributed by atoms with Crippen molar-refractivity contribution in [3.05, 3.63) is 35.4 Å². The van der Waals surface area contributed by atoms with Crippen LogP contribution in [-0.4, -0.2) is 11.3 Å². The molecule has 1 heterocycles. The fraction of sp³-hybridized carbons (Fsp3) is 0.364. The number of alkyl halides is 3. The highest BCUT2D eigenvalue weighted by molar-refractivity contribution is 8.12. The molecule has 0 amide bonds. The summed E-state index contributed by atoms with van der Waals surface area (Å²) in [5.74, 6) is 0. The first-order chi connectivity index (χ1) is 8.76. The molecule has 0 saturated carbocycles. The third-order valence-corrected chi connectivity index (χ3v) is 3.09. The Hall–Kier alpha value is -1.37. The van der Waals surface area contributed by atoms with Gasteiger partial charge in [-0.1, -0.05) is 36.0 Å². The summed E-state index contributed by atoms with van der Waals surface area (Å²) in [5, 5.41) is 5.96. The summed E-state index contributed by atoms with van der Waals surface area (Å²) in [5.41, 5.74) is -2.90. The largest absolute Gasteiger partial charge is 0.442 e. The number of thioether (sulfide) groups is 1. The molecule has 1 unspecified atom stereocenters. The number of halogens is 3. The minimum Gasteiger partial charge on any atom is -0.288 e. The van der Waals surface area contributed by atoms with E-state index in [0.29, 0.717) is 5.56 Å². The van der Waals surface area contributed by atoms with Gasteiger partial charge in [0.1, 0.15) is 0 Å². The van der Waals surface area contributed by atoms with E-state index in [1.807, 2.05) is 0 Å². The maximum absolute atomic E-state index is 12.7. The quantitative estimate of drug-likeness (QED) is 0.845. The highest BCUT2D eigenvalue weighted by atomic mass is 32.2. The van der Waals surface area contributed by atoms with E-state index in [0.717, 1.165) is 11.8 Å². The van der Waals surface area contributed by atoms with Crippen molar-refractivity contribution in [2.75, 3.05) is 0 Å². The molecule has 2 rings (SSSR count). The molecule has 96 valence electrons. The number of carbonyl (C=O) groups is 1. The predicted molar refractivity (Wildman–Crippen MR) is 61.0 cm³/mol. The lowest BCUT2D eigenvalue weighted by Gasteiger charge is -2.14. The Morgan fingerprint density at radius 3 is 2.33 bits per heavy atom. The summed E-state index contributed by atoms with van der Waals surface area (Å²) in [6.07, 6.45) is -4.55. The molecular weight excluding hydrogens is 265 g/mol. The van der Waals surface area contributed by atoms with Crippen molar-refractivity contribution in [2.45, 2.75) is 24.5 Å². The van der Waals surface area contributed by atoms with Crippen molar-refractivity contribution in [1.29, 1.82) is 0 Å². The summed E-state index contributed by atoms with van der Waals surface area (Å²) >= 11 is 0.801. The van der Waals surface area contributed by atoms with Gasteiger partial charge in [0.25, 0.3) is 0 Å². The lowest BCUT2D eigenvalue weighted by molar-refractivity contribution is -0.166. The third kappa shape index (κ3) is 2.40. The van der Waals surface area contributed by atoms with Crippen LogP contribution >= 0.6 is 11.8 Å². The van der Waals surface area contributed by atoms with E-state index in [9.17, 15) is 18.0 Å². The Kier molecular flexibility index (Phi) is 2.85. The molecule has 1 aliphatic heterocycles. The maximum Gasteiger partial charge on any atom is 0.442 e. The van der Waals surface area contributed by atoms with Gasteiger partial charge in [0.15, 0.2) is 5.12 Å². The number of hydrogen-bond acceptors (Lipinski definition) is 4. The smallest absolute Gasteiger partial charge is 0.288 e. The first-order valence-corrected chi connectivity index (χ1v) is 5.85. The first kappa shape index (κ1) is 11.7.